The minimum Gasteiger partial charge on any atom is -0.481 e. The predicted octanol–water partition coefficient (Wildman–Crippen LogP) is 6.49. The summed E-state index contributed by atoms with van der Waals surface area (Å²) >= 11 is 12.3. The first kappa shape index (κ1) is 30.9. The van der Waals surface area contributed by atoms with Crippen molar-refractivity contribution in [3.63, 3.8) is 0 Å². The molecule has 1 aliphatic rings. The fourth-order valence-electron chi connectivity index (χ4n) is 4.82. The molecule has 1 N–H and O–H groups in total. The molecule has 1 amide bonds. The van der Waals surface area contributed by atoms with Crippen molar-refractivity contribution in [1.29, 1.82) is 0 Å². The Kier molecular flexibility index (Phi) is 8.77. The van der Waals surface area contributed by atoms with E-state index in [-0.39, 0.29) is 48.0 Å². The SMILES string of the molecule is Cc1cc(Cl)c(C(=O)CN(CC(C)(C)C)C(=O)c2cnn(C3CCC(C)(C(=O)O)CC3)c2C(F)(F)F)c(Cl)n1. The Labute approximate surface area is 234 Å². The molecule has 39 heavy (non-hydrogen) atoms. The van der Waals surface area contributed by atoms with Crippen LogP contribution >= 0.6 is 23.2 Å². The summed E-state index contributed by atoms with van der Waals surface area (Å²) in [5, 5.41) is 13.3. The van der Waals surface area contributed by atoms with Crippen molar-refractivity contribution < 1.29 is 32.7 Å². The van der Waals surface area contributed by atoms with Gasteiger partial charge in [-0.3, -0.25) is 19.1 Å². The van der Waals surface area contributed by atoms with Crippen LogP contribution in [0.25, 0.3) is 0 Å². The Balaban J connectivity index is 1.99. The van der Waals surface area contributed by atoms with E-state index < -0.39 is 58.5 Å². The molecule has 13 heteroatoms. The summed E-state index contributed by atoms with van der Waals surface area (Å²) < 4.78 is 43.9. The molecule has 0 spiro atoms. The largest absolute Gasteiger partial charge is 0.481 e. The highest BCUT2D eigenvalue weighted by atomic mass is 35.5. The topological polar surface area (TPSA) is 105 Å². The number of Topliss-reactive ketones (excluding diaryl/α,β-unsaturated/α-hetero) is 1. The van der Waals surface area contributed by atoms with E-state index in [0.717, 1.165) is 15.8 Å². The van der Waals surface area contributed by atoms with Gasteiger partial charge in [-0.05, 0) is 51.0 Å². The third-order valence-corrected chi connectivity index (χ3v) is 7.41. The van der Waals surface area contributed by atoms with Gasteiger partial charge in [0.2, 0.25) is 0 Å². The fourth-order valence-corrected chi connectivity index (χ4v) is 5.56. The monoisotopic (exact) mass is 590 g/mol. The van der Waals surface area contributed by atoms with Gasteiger partial charge in [-0.25, -0.2) is 4.98 Å². The van der Waals surface area contributed by atoms with Crippen LogP contribution in [0.5, 0.6) is 0 Å². The Hall–Kier alpha value is -2.66. The summed E-state index contributed by atoms with van der Waals surface area (Å²) in [5.74, 6) is -2.69. The molecule has 0 radical (unpaired) electrons. The van der Waals surface area contributed by atoms with E-state index in [4.69, 9.17) is 23.2 Å². The van der Waals surface area contributed by atoms with Crippen LogP contribution in [0.4, 0.5) is 13.2 Å². The number of amides is 1. The summed E-state index contributed by atoms with van der Waals surface area (Å²) in [6.07, 6.45) is -3.41. The van der Waals surface area contributed by atoms with Crippen molar-refractivity contribution in [2.24, 2.45) is 10.8 Å². The molecule has 1 fully saturated rings. The standard InChI is InChI=1S/C26H31Cl2F3N4O4/c1-14-10-17(27)19(21(28)33-14)18(36)12-34(13-24(2,3)4)22(37)16-11-32-35(20(16)26(29,30)31)15-6-8-25(5,9-7-15)23(38)39/h10-11,15H,6-9,12-13H2,1-5H3,(H,38,39). The van der Waals surface area contributed by atoms with Crippen LogP contribution in [0.2, 0.25) is 10.2 Å². The van der Waals surface area contributed by atoms with Crippen molar-refractivity contribution in [3.8, 4) is 0 Å². The molecule has 1 aliphatic carbocycles. The molecule has 8 nitrogen and oxygen atoms in total. The minimum atomic E-state index is -4.93. The normalized spacial score (nSPS) is 20.1. The van der Waals surface area contributed by atoms with Crippen molar-refractivity contribution in [3.05, 3.63) is 45.0 Å². The molecular weight excluding hydrogens is 560 g/mol. The molecule has 0 aliphatic heterocycles. The van der Waals surface area contributed by atoms with E-state index >= 15 is 0 Å². The van der Waals surface area contributed by atoms with E-state index in [1.807, 2.05) is 0 Å². The molecule has 2 aromatic heterocycles. The average molecular weight is 591 g/mol. The molecular formula is C26H31Cl2F3N4O4. The number of carboxylic acids is 1. The number of aromatic nitrogens is 3. The fraction of sp³-hybridized carbons (Fsp3) is 0.577. The first-order valence-corrected chi connectivity index (χ1v) is 13.1. The van der Waals surface area contributed by atoms with Gasteiger partial charge in [-0.2, -0.15) is 18.3 Å². The summed E-state index contributed by atoms with van der Waals surface area (Å²) in [5.41, 5.74) is -3.17. The summed E-state index contributed by atoms with van der Waals surface area (Å²) in [6, 6.07) is 0.701. The van der Waals surface area contributed by atoms with Crippen LogP contribution < -0.4 is 0 Å². The summed E-state index contributed by atoms with van der Waals surface area (Å²) in [6.45, 7) is 7.91. The second-order valence-corrected chi connectivity index (χ2v) is 12.3. The number of rotatable bonds is 7. The number of carboxylic acid groups (broad SMARTS) is 1. The van der Waals surface area contributed by atoms with Crippen LogP contribution in [-0.2, 0) is 11.0 Å². The highest BCUT2D eigenvalue weighted by molar-refractivity contribution is 6.39. The number of pyridine rings is 1. The maximum atomic E-state index is 14.4. The Bertz CT molecular complexity index is 1260. The van der Waals surface area contributed by atoms with Crippen molar-refractivity contribution in [1.82, 2.24) is 19.7 Å². The highest BCUT2D eigenvalue weighted by Crippen LogP contribution is 2.43. The summed E-state index contributed by atoms with van der Waals surface area (Å²) in [4.78, 5) is 43.4. The molecule has 2 aromatic rings. The molecule has 1 saturated carbocycles. The molecule has 214 valence electrons. The van der Waals surface area contributed by atoms with Crippen molar-refractivity contribution in [2.75, 3.05) is 13.1 Å². The van der Waals surface area contributed by atoms with E-state index in [9.17, 15) is 32.7 Å². The number of alkyl halides is 3. The van der Waals surface area contributed by atoms with E-state index in [1.165, 1.54) is 6.07 Å². The smallest absolute Gasteiger partial charge is 0.433 e. The average Bonchev–Trinajstić information content (AvgIpc) is 3.22. The third kappa shape index (κ3) is 6.92. The third-order valence-electron chi connectivity index (χ3n) is 6.84. The van der Waals surface area contributed by atoms with Gasteiger partial charge in [-0.1, -0.05) is 44.0 Å². The molecule has 0 unspecified atom stereocenters. The van der Waals surface area contributed by atoms with Gasteiger partial charge in [0.05, 0.1) is 40.3 Å². The lowest BCUT2D eigenvalue weighted by Crippen LogP contribution is -2.42. The maximum Gasteiger partial charge on any atom is 0.433 e. The number of aliphatic carboxylic acids is 1. The number of hydrogen-bond donors (Lipinski definition) is 1. The van der Waals surface area contributed by atoms with Gasteiger partial charge in [0.1, 0.15) is 5.15 Å². The van der Waals surface area contributed by atoms with E-state index in [1.54, 1.807) is 34.6 Å². The number of carbonyl (C=O) groups excluding carboxylic acids is 2. The Morgan fingerprint density at radius 1 is 1.18 bits per heavy atom. The zero-order valence-corrected chi connectivity index (χ0v) is 23.8. The lowest BCUT2D eigenvalue weighted by molar-refractivity contribution is -0.152. The highest BCUT2D eigenvalue weighted by Gasteiger charge is 2.45. The summed E-state index contributed by atoms with van der Waals surface area (Å²) in [7, 11) is 0. The molecule has 0 atom stereocenters. The lowest BCUT2D eigenvalue weighted by atomic mass is 9.74. The number of aryl methyl sites for hydroxylation is 1. The van der Waals surface area contributed by atoms with Crippen LogP contribution in [0.1, 0.15) is 91.5 Å². The Morgan fingerprint density at radius 3 is 2.26 bits per heavy atom. The number of nitrogens with zero attached hydrogens (tertiary/aromatic N) is 4. The first-order valence-electron chi connectivity index (χ1n) is 12.4. The molecule has 2 heterocycles. The van der Waals surface area contributed by atoms with Crippen molar-refractivity contribution in [2.45, 2.75) is 72.5 Å². The quantitative estimate of drug-likeness (QED) is 0.292. The second-order valence-electron chi connectivity index (χ2n) is 11.5. The van der Waals surface area contributed by atoms with Gasteiger partial charge in [0, 0.05) is 12.2 Å². The molecule has 0 aromatic carbocycles. The van der Waals surface area contributed by atoms with E-state index in [0.29, 0.717) is 5.69 Å². The van der Waals surface area contributed by atoms with Crippen LogP contribution in [0.15, 0.2) is 12.3 Å². The molecule has 0 bridgehead atoms. The van der Waals surface area contributed by atoms with Gasteiger partial charge >= 0.3 is 12.1 Å². The Morgan fingerprint density at radius 2 is 1.77 bits per heavy atom. The lowest BCUT2D eigenvalue weighted by Gasteiger charge is -2.34. The van der Waals surface area contributed by atoms with Gasteiger partial charge in [0.25, 0.3) is 5.91 Å². The van der Waals surface area contributed by atoms with Gasteiger partial charge in [-0.15, -0.1) is 0 Å². The zero-order chi connectivity index (χ0) is 29.5. The number of halogens is 5. The van der Waals surface area contributed by atoms with Gasteiger partial charge in [0.15, 0.2) is 11.5 Å². The minimum absolute atomic E-state index is 0.0233. The van der Waals surface area contributed by atoms with Gasteiger partial charge < -0.3 is 10.0 Å². The maximum absolute atomic E-state index is 14.4. The van der Waals surface area contributed by atoms with Crippen LogP contribution in [0, 0.1) is 17.8 Å². The van der Waals surface area contributed by atoms with E-state index in [2.05, 4.69) is 10.1 Å². The number of carbonyl (C=O) groups is 3. The number of hydrogen-bond acceptors (Lipinski definition) is 5. The zero-order valence-electron chi connectivity index (χ0n) is 22.3. The first-order chi connectivity index (χ1) is 17.8. The molecule has 3 rings (SSSR count). The van der Waals surface area contributed by atoms with Crippen molar-refractivity contribution >= 4 is 40.9 Å². The van der Waals surface area contributed by atoms with Crippen LogP contribution in [-0.4, -0.2) is 55.5 Å². The predicted molar refractivity (Wildman–Crippen MR) is 139 cm³/mol. The van der Waals surface area contributed by atoms with Crippen LogP contribution in [0.3, 0.4) is 0 Å². The second kappa shape index (κ2) is 11.1. The molecule has 0 saturated heterocycles. The number of ketones is 1.